The predicted octanol–water partition coefficient (Wildman–Crippen LogP) is 0.398. The Balaban J connectivity index is 2.04. The minimum atomic E-state index is 0.434. The molecule has 0 aliphatic carbocycles. The van der Waals surface area contributed by atoms with E-state index in [1.165, 1.54) is 25.9 Å². The minimum Gasteiger partial charge on any atom is -0.304 e. The fraction of sp³-hybridized carbons (Fsp3) is 0.800. The highest BCUT2D eigenvalue weighted by atomic mass is 15.3. The number of rotatable bonds is 0. The summed E-state index contributed by atoms with van der Waals surface area (Å²) >= 11 is 0. The van der Waals surface area contributed by atoms with Crippen LogP contribution in [0.15, 0.2) is 0 Å². The van der Waals surface area contributed by atoms with Crippen molar-refractivity contribution in [3.63, 3.8) is 0 Å². The molecule has 2 rings (SSSR count). The fourth-order valence-electron chi connectivity index (χ4n) is 2.39. The van der Waals surface area contributed by atoms with E-state index in [0.29, 0.717) is 6.04 Å². The van der Waals surface area contributed by atoms with Crippen molar-refractivity contribution in [3.8, 4) is 12.3 Å². The summed E-state index contributed by atoms with van der Waals surface area (Å²) in [5.74, 6) is 2.89. The van der Waals surface area contributed by atoms with Crippen LogP contribution in [-0.2, 0) is 0 Å². The summed E-state index contributed by atoms with van der Waals surface area (Å²) in [5, 5.41) is 0. The van der Waals surface area contributed by atoms with E-state index in [0.717, 1.165) is 12.6 Å². The van der Waals surface area contributed by atoms with Gasteiger partial charge in [0.1, 0.15) is 0 Å². The zero-order valence-corrected chi connectivity index (χ0v) is 7.66. The summed E-state index contributed by atoms with van der Waals surface area (Å²) in [6.07, 6.45) is 7.96. The van der Waals surface area contributed by atoms with Gasteiger partial charge in [-0.05, 0) is 19.9 Å². The van der Waals surface area contributed by atoms with Crippen LogP contribution in [0.25, 0.3) is 0 Å². The van der Waals surface area contributed by atoms with Gasteiger partial charge in [0.25, 0.3) is 0 Å². The van der Waals surface area contributed by atoms with E-state index < -0.39 is 0 Å². The fourth-order valence-corrected chi connectivity index (χ4v) is 2.39. The lowest BCUT2D eigenvalue weighted by atomic mass is 10.2. The number of fused-ring (bicyclic) bond motifs is 1. The van der Waals surface area contributed by atoms with E-state index >= 15 is 0 Å². The zero-order chi connectivity index (χ0) is 8.55. The first-order chi connectivity index (χ1) is 5.81. The molecule has 0 amide bonds. The highest BCUT2D eigenvalue weighted by molar-refractivity contribution is 5.07. The van der Waals surface area contributed by atoms with Crippen molar-refractivity contribution in [2.45, 2.75) is 24.9 Å². The topological polar surface area (TPSA) is 6.48 Å². The molecule has 2 fully saturated rings. The SMILES string of the molecule is C#C[C@H]1CC[C@H]2CN(C)CCN21. The van der Waals surface area contributed by atoms with Gasteiger partial charge in [-0.25, -0.2) is 0 Å². The third-order valence-electron chi connectivity index (χ3n) is 3.10. The van der Waals surface area contributed by atoms with Crippen LogP contribution in [0.2, 0.25) is 0 Å². The Morgan fingerprint density at radius 2 is 2.17 bits per heavy atom. The van der Waals surface area contributed by atoms with Crippen molar-refractivity contribution < 1.29 is 0 Å². The maximum Gasteiger partial charge on any atom is 0.0715 e. The van der Waals surface area contributed by atoms with Gasteiger partial charge in [0, 0.05) is 25.7 Å². The summed E-state index contributed by atoms with van der Waals surface area (Å²) < 4.78 is 0. The second-order valence-corrected chi connectivity index (χ2v) is 3.91. The Hall–Kier alpha value is -0.520. The van der Waals surface area contributed by atoms with Crippen molar-refractivity contribution in [2.24, 2.45) is 0 Å². The Kier molecular flexibility index (Phi) is 2.08. The van der Waals surface area contributed by atoms with Gasteiger partial charge < -0.3 is 4.90 Å². The first-order valence-electron chi connectivity index (χ1n) is 4.71. The molecule has 2 aliphatic heterocycles. The van der Waals surface area contributed by atoms with Crippen LogP contribution in [0, 0.1) is 12.3 Å². The number of hydrogen-bond donors (Lipinski definition) is 0. The Morgan fingerprint density at radius 1 is 1.33 bits per heavy atom. The van der Waals surface area contributed by atoms with E-state index in [9.17, 15) is 0 Å². The zero-order valence-electron chi connectivity index (χ0n) is 7.66. The van der Waals surface area contributed by atoms with Crippen LogP contribution in [0.1, 0.15) is 12.8 Å². The van der Waals surface area contributed by atoms with Gasteiger partial charge in [-0.1, -0.05) is 5.92 Å². The summed E-state index contributed by atoms with van der Waals surface area (Å²) in [7, 11) is 2.19. The van der Waals surface area contributed by atoms with E-state index in [4.69, 9.17) is 6.42 Å². The van der Waals surface area contributed by atoms with Gasteiger partial charge in [0.05, 0.1) is 6.04 Å². The Labute approximate surface area is 74.5 Å². The van der Waals surface area contributed by atoms with Gasteiger partial charge in [0.2, 0.25) is 0 Å². The quantitative estimate of drug-likeness (QED) is 0.478. The third-order valence-corrected chi connectivity index (χ3v) is 3.10. The van der Waals surface area contributed by atoms with Gasteiger partial charge >= 0.3 is 0 Å². The Bertz CT molecular complexity index is 206. The van der Waals surface area contributed by atoms with E-state index in [1.807, 2.05) is 0 Å². The van der Waals surface area contributed by atoms with E-state index in [-0.39, 0.29) is 0 Å². The van der Waals surface area contributed by atoms with Crippen LogP contribution in [0.3, 0.4) is 0 Å². The number of hydrogen-bond acceptors (Lipinski definition) is 2. The van der Waals surface area contributed by atoms with Crippen molar-refractivity contribution in [2.75, 3.05) is 26.7 Å². The molecule has 0 aromatic heterocycles. The average molecular weight is 164 g/mol. The molecular formula is C10H16N2. The molecule has 0 unspecified atom stereocenters. The monoisotopic (exact) mass is 164 g/mol. The number of terminal acetylenes is 1. The lowest BCUT2D eigenvalue weighted by Gasteiger charge is -2.37. The molecule has 2 heterocycles. The second-order valence-electron chi connectivity index (χ2n) is 3.91. The van der Waals surface area contributed by atoms with Crippen LogP contribution < -0.4 is 0 Å². The number of nitrogens with zero attached hydrogens (tertiary/aromatic N) is 2. The summed E-state index contributed by atoms with van der Waals surface area (Å²) in [6, 6.07) is 1.17. The molecular weight excluding hydrogens is 148 g/mol. The van der Waals surface area contributed by atoms with Gasteiger partial charge in [-0.3, -0.25) is 4.90 Å². The largest absolute Gasteiger partial charge is 0.304 e. The highest BCUT2D eigenvalue weighted by Crippen LogP contribution is 2.26. The number of piperazine rings is 1. The standard InChI is InChI=1S/C10H16N2/c1-3-9-4-5-10-8-11(2)6-7-12(9)10/h1,9-10H,4-8H2,2H3/t9-,10-/m0/s1. The van der Waals surface area contributed by atoms with Crippen LogP contribution in [0.4, 0.5) is 0 Å². The molecule has 0 saturated carbocycles. The molecule has 0 aromatic carbocycles. The smallest absolute Gasteiger partial charge is 0.0715 e. The van der Waals surface area contributed by atoms with Crippen molar-refractivity contribution >= 4 is 0 Å². The molecule has 0 bridgehead atoms. The molecule has 0 spiro atoms. The summed E-state index contributed by atoms with van der Waals surface area (Å²) in [4.78, 5) is 4.90. The van der Waals surface area contributed by atoms with Crippen LogP contribution >= 0.6 is 0 Å². The third kappa shape index (κ3) is 1.24. The molecule has 12 heavy (non-hydrogen) atoms. The highest BCUT2D eigenvalue weighted by Gasteiger charge is 2.35. The molecule has 2 saturated heterocycles. The predicted molar refractivity (Wildman–Crippen MR) is 49.8 cm³/mol. The normalized spacial score (nSPS) is 37.7. The molecule has 0 aromatic rings. The molecule has 0 radical (unpaired) electrons. The maximum atomic E-state index is 5.47. The van der Waals surface area contributed by atoms with Gasteiger partial charge in [-0.2, -0.15) is 0 Å². The first-order valence-corrected chi connectivity index (χ1v) is 4.71. The van der Waals surface area contributed by atoms with E-state index in [1.54, 1.807) is 0 Å². The first kappa shape index (κ1) is 8.10. The van der Waals surface area contributed by atoms with Crippen molar-refractivity contribution in [1.82, 2.24) is 9.80 Å². The van der Waals surface area contributed by atoms with Crippen molar-refractivity contribution in [3.05, 3.63) is 0 Å². The molecule has 0 N–H and O–H groups in total. The number of likely N-dealkylation sites (N-methyl/N-ethyl adjacent to an activating group) is 1. The average Bonchev–Trinajstić information content (AvgIpc) is 2.46. The molecule has 2 heteroatoms. The second kappa shape index (κ2) is 3.08. The summed E-state index contributed by atoms with van der Waals surface area (Å²) in [5.41, 5.74) is 0. The minimum absolute atomic E-state index is 0.434. The lowest BCUT2D eigenvalue weighted by molar-refractivity contribution is 0.109. The Morgan fingerprint density at radius 3 is 2.92 bits per heavy atom. The van der Waals surface area contributed by atoms with Crippen LogP contribution in [-0.4, -0.2) is 48.6 Å². The molecule has 2 aliphatic rings. The maximum absolute atomic E-state index is 5.47. The lowest BCUT2D eigenvalue weighted by Crippen LogP contribution is -2.50. The molecule has 66 valence electrons. The van der Waals surface area contributed by atoms with E-state index in [2.05, 4.69) is 22.8 Å². The summed E-state index contributed by atoms with van der Waals surface area (Å²) in [6.45, 7) is 3.54. The molecule has 2 atom stereocenters. The molecule has 2 nitrogen and oxygen atoms in total. The van der Waals surface area contributed by atoms with Gasteiger partial charge in [0.15, 0.2) is 0 Å². The van der Waals surface area contributed by atoms with Gasteiger partial charge in [-0.15, -0.1) is 6.42 Å². The van der Waals surface area contributed by atoms with Crippen LogP contribution in [0.5, 0.6) is 0 Å². The van der Waals surface area contributed by atoms with Crippen molar-refractivity contribution in [1.29, 1.82) is 0 Å².